The van der Waals surface area contributed by atoms with Crippen molar-refractivity contribution in [2.24, 2.45) is 23.1 Å². The highest BCUT2D eigenvalue weighted by atomic mass is 32.2. The standard InChI is InChI=1S/C45H63N11O14S/c1-4-25(2)39-44(67)52-29(14-15-34(46)58)41(64)54-33(22-35(47)59)42(65)53-30(16-18-71(69,70)19-17-37(61)50-32(43(66)55-39)21-27-10-12-28(57)13-11-27)45(68)56(3)24-38(62)51-31(40(63)49-23-36(48)60)20-26-8-6-5-7-9-26/h5-13,25,29-33,39,57H,4,14-24H2,1-3H3,(H2,46,58)(H2,47,59)(H2,48,60)(H,49,63)(H,50,61)(H,51,62)(H,52,67)(H,53,65)(H,54,64)(H,55,66)/t25-,29-,30-,31-,32+,33-,39-/m0/s1. The lowest BCUT2D eigenvalue weighted by atomic mass is 9.96. The van der Waals surface area contributed by atoms with E-state index in [4.69, 9.17) is 17.2 Å². The van der Waals surface area contributed by atoms with Crippen LogP contribution < -0.4 is 54.4 Å². The minimum Gasteiger partial charge on any atom is -0.508 e. The quantitative estimate of drug-likeness (QED) is 0.0672. The van der Waals surface area contributed by atoms with Crippen molar-refractivity contribution in [1.82, 2.24) is 42.1 Å². The largest absolute Gasteiger partial charge is 0.508 e. The molecule has 71 heavy (non-hydrogen) atoms. The number of primary amides is 3. The zero-order valence-corrected chi connectivity index (χ0v) is 40.4. The van der Waals surface area contributed by atoms with E-state index >= 15 is 0 Å². The Morgan fingerprint density at radius 3 is 1.99 bits per heavy atom. The summed E-state index contributed by atoms with van der Waals surface area (Å²) in [4.78, 5) is 146. The number of phenolic OH excluding ortho intramolecular Hbond substituents is 1. The van der Waals surface area contributed by atoms with E-state index in [-0.39, 0.29) is 25.0 Å². The van der Waals surface area contributed by atoms with Crippen LogP contribution in [0.1, 0.15) is 63.5 Å². The van der Waals surface area contributed by atoms with Gasteiger partial charge in [-0.2, -0.15) is 0 Å². The first-order valence-electron chi connectivity index (χ1n) is 22.6. The summed E-state index contributed by atoms with van der Waals surface area (Å²) in [7, 11) is -3.17. The molecule has 0 bridgehead atoms. The number of benzene rings is 2. The van der Waals surface area contributed by atoms with Crippen molar-refractivity contribution in [3.05, 3.63) is 65.7 Å². The second-order valence-corrected chi connectivity index (χ2v) is 19.4. The lowest BCUT2D eigenvalue weighted by Gasteiger charge is -2.29. The van der Waals surface area contributed by atoms with Gasteiger partial charge in [-0.25, -0.2) is 8.42 Å². The number of carbonyl (C=O) groups excluding carboxylic acids is 11. The van der Waals surface area contributed by atoms with E-state index in [1.54, 1.807) is 44.2 Å². The van der Waals surface area contributed by atoms with E-state index in [2.05, 4.69) is 37.2 Å². The summed E-state index contributed by atoms with van der Waals surface area (Å²) in [6.07, 6.45) is -3.23. The fraction of sp³-hybridized carbons (Fsp3) is 0.489. The third-order valence-corrected chi connectivity index (χ3v) is 13.0. The Morgan fingerprint density at radius 2 is 1.38 bits per heavy atom. The maximum absolute atomic E-state index is 14.1. The maximum Gasteiger partial charge on any atom is 0.245 e. The normalized spacial score (nSPS) is 21.2. The highest BCUT2D eigenvalue weighted by Gasteiger charge is 2.36. The number of rotatable bonds is 18. The molecule has 0 spiro atoms. The summed E-state index contributed by atoms with van der Waals surface area (Å²) in [6.45, 7) is 1.96. The summed E-state index contributed by atoms with van der Waals surface area (Å²) in [6, 6.07) is 4.56. The first-order valence-corrected chi connectivity index (χ1v) is 24.4. The minimum absolute atomic E-state index is 0.0614. The number of nitrogens with zero attached hydrogens (tertiary/aromatic N) is 1. The predicted octanol–water partition coefficient (Wildman–Crippen LogP) is -4.46. The number of carbonyl (C=O) groups is 11. The molecule has 14 N–H and O–H groups in total. The monoisotopic (exact) mass is 1010 g/mol. The van der Waals surface area contributed by atoms with E-state index in [0.717, 1.165) is 11.9 Å². The van der Waals surface area contributed by atoms with Gasteiger partial charge in [-0.15, -0.1) is 0 Å². The van der Waals surface area contributed by atoms with Crippen LogP contribution in [0.5, 0.6) is 5.75 Å². The van der Waals surface area contributed by atoms with Crippen molar-refractivity contribution < 1.29 is 66.3 Å². The molecule has 25 nitrogen and oxygen atoms in total. The highest BCUT2D eigenvalue weighted by Crippen LogP contribution is 2.15. The van der Waals surface area contributed by atoms with Crippen molar-refractivity contribution in [2.45, 2.75) is 101 Å². The number of nitrogens with one attached hydrogen (secondary N) is 7. The molecule has 11 amide bonds. The fourth-order valence-corrected chi connectivity index (χ4v) is 8.43. The Labute approximate surface area is 409 Å². The second-order valence-electron chi connectivity index (χ2n) is 17.1. The van der Waals surface area contributed by atoms with E-state index in [0.29, 0.717) is 11.1 Å². The second kappa shape index (κ2) is 27.5. The Kier molecular flexibility index (Phi) is 22.4. The number of likely N-dealkylation sites (N-methyl/N-ethyl adjacent to an activating group) is 1. The van der Waals surface area contributed by atoms with Crippen LogP contribution in [0.25, 0.3) is 0 Å². The van der Waals surface area contributed by atoms with Gasteiger partial charge in [-0.3, -0.25) is 52.7 Å². The lowest BCUT2D eigenvalue weighted by Crippen LogP contribution is -2.61. The molecule has 3 rings (SSSR count). The molecule has 2 aromatic rings. The molecule has 1 aliphatic rings. The van der Waals surface area contributed by atoms with Gasteiger partial charge in [0.05, 0.1) is 31.0 Å². The van der Waals surface area contributed by atoms with E-state index in [9.17, 15) is 66.3 Å². The first-order chi connectivity index (χ1) is 33.4. The predicted molar refractivity (Wildman–Crippen MR) is 253 cm³/mol. The zero-order valence-electron chi connectivity index (χ0n) is 39.6. The molecule has 1 saturated heterocycles. The van der Waals surface area contributed by atoms with Crippen LogP contribution in [-0.4, -0.2) is 151 Å². The van der Waals surface area contributed by atoms with Crippen molar-refractivity contribution in [3.8, 4) is 5.75 Å². The fourth-order valence-electron chi connectivity index (χ4n) is 7.13. The average molecular weight is 1010 g/mol. The van der Waals surface area contributed by atoms with Crippen LogP contribution in [0.15, 0.2) is 54.6 Å². The average Bonchev–Trinajstić information content (AvgIpc) is 3.30. The minimum atomic E-state index is -4.29. The highest BCUT2D eigenvalue weighted by molar-refractivity contribution is 7.91. The Balaban J connectivity index is 2.04. The molecular weight excluding hydrogens is 951 g/mol. The topological polar surface area (TPSA) is 408 Å². The summed E-state index contributed by atoms with van der Waals surface area (Å²) in [5.41, 5.74) is 17.0. The van der Waals surface area contributed by atoms with Crippen molar-refractivity contribution in [3.63, 3.8) is 0 Å². The molecule has 1 fully saturated rings. The smallest absolute Gasteiger partial charge is 0.245 e. The summed E-state index contributed by atoms with van der Waals surface area (Å²) < 4.78 is 27.1. The van der Waals surface area contributed by atoms with E-state index in [1.165, 1.54) is 24.3 Å². The van der Waals surface area contributed by atoms with Gasteiger partial charge in [0.15, 0.2) is 9.84 Å². The van der Waals surface area contributed by atoms with Crippen molar-refractivity contribution in [2.75, 3.05) is 31.6 Å². The Morgan fingerprint density at radius 1 is 0.761 bits per heavy atom. The third kappa shape index (κ3) is 20.1. The van der Waals surface area contributed by atoms with Crippen LogP contribution in [0.3, 0.4) is 0 Å². The first kappa shape index (κ1) is 57.7. The Hall–Kier alpha value is -7.64. The molecule has 0 saturated carbocycles. The molecule has 0 radical (unpaired) electrons. The van der Waals surface area contributed by atoms with Gasteiger partial charge in [0.2, 0.25) is 65.0 Å². The van der Waals surface area contributed by atoms with Crippen LogP contribution >= 0.6 is 0 Å². The molecule has 388 valence electrons. The van der Waals surface area contributed by atoms with E-state index in [1.807, 2.05) is 0 Å². The van der Waals surface area contributed by atoms with Crippen LogP contribution in [0.4, 0.5) is 0 Å². The maximum atomic E-state index is 14.1. The van der Waals surface area contributed by atoms with Gasteiger partial charge < -0.3 is 64.4 Å². The van der Waals surface area contributed by atoms with Gasteiger partial charge in [-0.05, 0) is 42.0 Å². The molecule has 1 aliphatic heterocycles. The molecule has 0 aromatic heterocycles. The number of amides is 11. The number of hydrogen-bond acceptors (Lipinski definition) is 14. The number of hydrogen-bond donors (Lipinski definition) is 11. The SMILES string of the molecule is CC[C@H](C)[C@@H]1NC(=O)[C@@H](Cc2ccc(O)cc2)NC(=O)CCS(=O)(=O)CC[C@@H](C(=O)N(C)CC(=O)N[C@@H](Cc2ccccc2)C(=O)NCC(N)=O)NC(=O)[C@H](CC(N)=O)NC(=O)[C@H](CCC(N)=O)NC1=O. The van der Waals surface area contributed by atoms with Gasteiger partial charge in [0.25, 0.3) is 0 Å². The van der Waals surface area contributed by atoms with Gasteiger partial charge in [0.1, 0.15) is 42.0 Å². The molecule has 7 atom stereocenters. The summed E-state index contributed by atoms with van der Waals surface area (Å²) >= 11 is 0. The van der Waals surface area contributed by atoms with Gasteiger partial charge in [-0.1, -0.05) is 62.7 Å². The van der Waals surface area contributed by atoms with Crippen molar-refractivity contribution >= 4 is 74.8 Å². The van der Waals surface area contributed by atoms with Crippen LogP contribution in [0, 0.1) is 5.92 Å². The number of aromatic hydroxyl groups is 1. The molecule has 2 aromatic carbocycles. The van der Waals surface area contributed by atoms with Gasteiger partial charge >= 0.3 is 0 Å². The lowest BCUT2D eigenvalue weighted by molar-refractivity contribution is -0.140. The van der Waals surface area contributed by atoms with Crippen LogP contribution in [0.2, 0.25) is 0 Å². The zero-order chi connectivity index (χ0) is 53.0. The van der Waals surface area contributed by atoms with Gasteiger partial charge in [0, 0.05) is 32.7 Å². The Bertz CT molecular complexity index is 2390. The summed E-state index contributed by atoms with van der Waals surface area (Å²) in [5, 5.41) is 26.8. The molecule has 26 heteroatoms. The third-order valence-electron chi connectivity index (χ3n) is 11.3. The number of sulfone groups is 1. The van der Waals surface area contributed by atoms with E-state index < -0.39 is 174 Å². The number of nitrogens with two attached hydrogens (primary N) is 3. The van der Waals surface area contributed by atoms with Crippen molar-refractivity contribution in [1.29, 1.82) is 0 Å². The molecule has 0 unspecified atom stereocenters. The van der Waals surface area contributed by atoms with Crippen LogP contribution in [-0.2, 0) is 75.4 Å². The molecule has 1 heterocycles. The molecular formula is C45H63N11O14S. The number of phenols is 1. The molecule has 0 aliphatic carbocycles. The summed E-state index contributed by atoms with van der Waals surface area (Å²) in [5.74, 6) is -13.2.